The van der Waals surface area contributed by atoms with Crippen LogP contribution < -0.4 is 4.74 Å². The normalized spacial score (nSPS) is 10.8. The van der Waals surface area contributed by atoms with Crippen molar-refractivity contribution in [2.75, 3.05) is 6.61 Å². The zero-order valence-electron chi connectivity index (χ0n) is 17.2. The van der Waals surface area contributed by atoms with Gasteiger partial charge >= 0.3 is 5.97 Å². The van der Waals surface area contributed by atoms with E-state index < -0.39 is 5.97 Å². The number of carboxylic acid groups (broad SMARTS) is 1. The molecule has 0 aliphatic carbocycles. The van der Waals surface area contributed by atoms with E-state index >= 15 is 0 Å². The Morgan fingerprint density at radius 2 is 1.39 bits per heavy atom. The lowest BCUT2D eigenvalue weighted by atomic mass is 9.98. The fourth-order valence-electron chi connectivity index (χ4n) is 3.50. The zero-order valence-corrected chi connectivity index (χ0v) is 17.2. The van der Waals surface area contributed by atoms with Gasteiger partial charge in [0.1, 0.15) is 5.75 Å². The largest absolute Gasteiger partial charge is 0.493 e. The highest BCUT2D eigenvalue weighted by molar-refractivity contribution is 5.98. The summed E-state index contributed by atoms with van der Waals surface area (Å²) in [5, 5.41) is 9.56. The quantitative estimate of drug-likeness (QED) is 0.347. The Labute approximate surface area is 169 Å². The van der Waals surface area contributed by atoms with Gasteiger partial charge in [-0.05, 0) is 24.1 Å². The van der Waals surface area contributed by atoms with Crippen LogP contribution >= 0.6 is 0 Å². The second-order valence-corrected chi connectivity index (χ2v) is 7.38. The first-order valence-electron chi connectivity index (χ1n) is 10.8. The van der Waals surface area contributed by atoms with Crippen LogP contribution in [0.15, 0.2) is 48.5 Å². The number of carbonyl (C=O) groups is 1. The number of benzene rings is 2. The van der Waals surface area contributed by atoms with E-state index in [9.17, 15) is 9.90 Å². The van der Waals surface area contributed by atoms with Crippen LogP contribution in [0.1, 0.15) is 81.5 Å². The van der Waals surface area contributed by atoms with E-state index in [0.29, 0.717) is 17.9 Å². The molecule has 0 fully saturated rings. The molecule has 3 heteroatoms. The molecule has 0 radical (unpaired) electrons. The minimum absolute atomic E-state index is 0.284. The molecule has 0 saturated heterocycles. The number of unbranched alkanes of at least 4 members (excludes halogenated alkanes) is 9. The third-order valence-electron chi connectivity index (χ3n) is 5.07. The Hall–Kier alpha value is -2.29. The fourth-order valence-corrected chi connectivity index (χ4v) is 3.50. The first-order chi connectivity index (χ1) is 13.7. The Balaban J connectivity index is 1.78. The van der Waals surface area contributed by atoms with Crippen molar-refractivity contribution in [2.24, 2.45) is 0 Å². The molecule has 0 amide bonds. The molecule has 0 aliphatic rings. The number of ether oxygens (including phenoxy) is 1. The predicted molar refractivity (Wildman–Crippen MR) is 116 cm³/mol. The molecule has 0 saturated carbocycles. The Kier molecular flexibility index (Phi) is 10.2. The third kappa shape index (κ3) is 7.38. The van der Waals surface area contributed by atoms with Crippen LogP contribution in [0.2, 0.25) is 0 Å². The number of hydrogen-bond donors (Lipinski definition) is 1. The highest BCUT2D eigenvalue weighted by Crippen LogP contribution is 2.33. The molecule has 152 valence electrons. The van der Waals surface area contributed by atoms with Crippen LogP contribution in [0, 0.1) is 0 Å². The molecular formula is C25H34O3. The summed E-state index contributed by atoms with van der Waals surface area (Å²) in [6.45, 7) is 2.88. The topological polar surface area (TPSA) is 46.5 Å². The summed E-state index contributed by atoms with van der Waals surface area (Å²) in [6.07, 6.45) is 12.8. The van der Waals surface area contributed by atoms with Gasteiger partial charge in [-0.15, -0.1) is 0 Å². The van der Waals surface area contributed by atoms with Crippen LogP contribution in [0.4, 0.5) is 0 Å². The van der Waals surface area contributed by atoms with Crippen LogP contribution in [-0.4, -0.2) is 17.7 Å². The third-order valence-corrected chi connectivity index (χ3v) is 5.07. The molecule has 1 N–H and O–H groups in total. The van der Waals surface area contributed by atoms with Crippen LogP contribution in [0.5, 0.6) is 5.75 Å². The predicted octanol–water partition coefficient (Wildman–Crippen LogP) is 7.35. The summed E-state index contributed by atoms with van der Waals surface area (Å²) in [5.41, 5.74) is 1.83. The molecule has 0 spiro atoms. The summed E-state index contributed by atoms with van der Waals surface area (Å²) < 4.78 is 5.99. The summed E-state index contributed by atoms with van der Waals surface area (Å²) in [5.74, 6) is -0.273. The molecular weight excluding hydrogens is 348 g/mol. The number of rotatable bonds is 14. The summed E-state index contributed by atoms with van der Waals surface area (Å²) >= 11 is 0. The van der Waals surface area contributed by atoms with Gasteiger partial charge in [0.25, 0.3) is 0 Å². The Bertz CT molecular complexity index is 694. The minimum atomic E-state index is -0.928. The van der Waals surface area contributed by atoms with Gasteiger partial charge in [-0.25, -0.2) is 4.79 Å². The van der Waals surface area contributed by atoms with Crippen molar-refractivity contribution in [3.8, 4) is 16.9 Å². The van der Waals surface area contributed by atoms with Gasteiger partial charge in [0.2, 0.25) is 0 Å². The molecule has 0 unspecified atom stereocenters. The molecule has 3 nitrogen and oxygen atoms in total. The maximum Gasteiger partial charge on any atom is 0.336 e. The van der Waals surface area contributed by atoms with Crippen LogP contribution in [-0.2, 0) is 0 Å². The van der Waals surface area contributed by atoms with Gasteiger partial charge < -0.3 is 9.84 Å². The molecule has 0 atom stereocenters. The van der Waals surface area contributed by atoms with E-state index in [2.05, 4.69) is 6.92 Å². The minimum Gasteiger partial charge on any atom is -0.493 e. The molecule has 0 aromatic heterocycles. The van der Waals surface area contributed by atoms with Gasteiger partial charge in [0.15, 0.2) is 0 Å². The van der Waals surface area contributed by atoms with Gasteiger partial charge in [0.05, 0.1) is 12.2 Å². The number of carboxylic acids is 1. The van der Waals surface area contributed by atoms with Crippen LogP contribution in [0.25, 0.3) is 11.1 Å². The monoisotopic (exact) mass is 382 g/mol. The van der Waals surface area contributed by atoms with Crippen molar-refractivity contribution in [3.05, 3.63) is 54.1 Å². The van der Waals surface area contributed by atoms with Crippen molar-refractivity contribution < 1.29 is 14.6 Å². The lowest BCUT2D eigenvalue weighted by molar-refractivity contribution is 0.0697. The number of aromatic carboxylic acids is 1. The first-order valence-corrected chi connectivity index (χ1v) is 10.8. The molecule has 28 heavy (non-hydrogen) atoms. The van der Waals surface area contributed by atoms with E-state index in [0.717, 1.165) is 18.4 Å². The van der Waals surface area contributed by atoms with Crippen molar-refractivity contribution >= 4 is 5.97 Å². The van der Waals surface area contributed by atoms with Gasteiger partial charge in [-0.2, -0.15) is 0 Å². The van der Waals surface area contributed by atoms with Gasteiger partial charge in [-0.3, -0.25) is 0 Å². The molecule has 2 aromatic rings. The van der Waals surface area contributed by atoms with E-state index in [-0.39, 0.29) is 5.56 Å². The average molecular weight is 383 g/mol. The van der Waals surface area contributed by atoms with Gasteiger partial charge in [-0.1, -0.05) is 101 Å². The maximum absolute atomic E-state index is 11.7. The summed E-state index contributed by atoms with van der Waals surface area (Å²) in [4.78, 5) is 11.7. The molecule has 2 aromatic carbocycles. The highest BCUT2D eigenvalue weighted by atomic mass is 16.5. The van der Waals surface area contributed by atoms with E-state index in [1.54, 1.807) is 12.1 Å². The molecule has 0 heterocycles. The number of hydrogen-bond acceptors (Lipinski definition) is 2. The lowest BCUT2D eigenvalue weighted by Crippen LogP contribution is -2.04. The van der Waals surface area contributed by atoms with Gasteiger partial charge in [0, 0.05) is 5.56 Å². The van der Waals surface area contributed by atoms with E-state index in [1.807, 2.05) is 36.4 Å². The van der Waals surface area contributed by atoms with Crippen molar-refractivity contribution in [1.82, 2.24) is 0 Å². The lowest BCUT2D eigenvalue weighted by Gasteiger charge is -2.14. The Morgan fingerprint density at radius 1 is 0.786 bits per heavy atom. The molecule has 0 bridgehead atoms. The average Bonchev–Trinajstić information content (AvgIpc) is 2.72. The molecule has 2 rings (SSSR count). The fraction of sp³-hybridized carbons (Fsp3) is 0.480. The van der Waals surface area contributed by atoms with Crippen molar-refractivity contribution in [2.45, 2.75) is 71.1 Å². The maximum atomic E-state index is 11.7. The summed E-state index contributed by atoms with van der Waals surface area (Å²) in [7, 11) is 0. The smallest absolute Gasteiger partial charge is 0.336 e. The zero-order chi connectivity index (χ0) is 20.0. The van der Waals surface area contributed by atoms with Crippen molar-refractivity contribution in [3.63, 3.8) is 0 Å². The van der Waals surface area contributed by atoms with Crippen LogP contribution in [0.3, 0.4) is 0 Å². The van der Waals surface area contributed by atoms with Crippen molar-refractivity contribution in [1.29, 1.82) is 0 Å². The Morgan fingerprint density at radius 3 is 2.00 bits per heavy atom. The second-order valence-electron chi connectivity index (χ2n) is 7.38. The standard InChI is InChI=1S/C25H34O3/c1-2-3-4-5-6-7-8-9-10-14-20-28-23-19-15-18-22(25(26)27)24(23)21-16-12-11-13-17-21/h11-13,15-19H,2-10,14,20H2,1H3,(H,26,27). The second kappa shape index (κ2) is 13.0. The SMILES string of the molecule is CCCCCCCCCCCCOc1cccc(C(=O)O)c1-c1ccccc1. The van der Waals surface area contributed by atoms with E-state index in [4.69, 9.17) is 4.74 Å². The van der Waals surface area contributed by atoms with E-state index in [1.165, 1.54) is 51.4 Å². The summed E-state index contributed by atoms with van der Waals surface area (Å²) in [6, 6.07) is 14.9. The first kappa shape index (κ1) is 22.0. The molecule has 0 aliphatic heterocycles. The highest BCUT2D eigenvalue weighted by Gasteiger charge is 2.16.